The van der Waals surface area contributed by atoms with Crippen molar-refractivity contribution in [3.05, 3.63) is 51.6 Å². The van der Waals surface area contributed by atoms with E-state index in [1.165, 1.54) is 32.2 Å². The Bertz CT molecular complexity index is 1130. The summed E-state index contributed by atoms with van der Waals surface area (Å²) in [5.41, 5.74) is -2.66. The third-order valence-corrected chi connectivity index (χ3v) is 5.75. The molecular formula is C22H20O8. The fourth-order valence-corrected chi connectivity index (χ4v) is 4.62. The van der Waals surface area contributed by atoms with Crippen LogP contribution in [0.2, 0.25) is 0 Å². The van der Waals surface area contributed by atoms with E-state index in [1.54, 1.807) is 0 Å². The summed E-state index contributed by atoms with van der Waals surface area (Å²) in [5, 5.41) is 43.2. The average Bonchev–Trinajstić information content (AvgIpc) is 2.66. The molecule has 8 heteroatoms. The molecule has 0 saturated heterocycles. The fraction of sp³-hybridized carbons (Fsp3) is 0.318. The van der Waals surface area contributed by atoms with Crippen LogP contribution in [0.4, 0.5) is 0 Å². The molecule has 2 aromatic carbocycles. The minimum absolute atomic E-state index is 0.0110. The molecule has 2 atom stereocenters. The second kappa shape index (κ2) is 6.65. The molecule has 8 nitrogen and oxygen atoms in total. The lowest BCUT2D eigenvalue weighted by atomic mass is 9.72. The highest BCUT2D eigenvalue weighted by atomic mass is 16.5. The summed E-state index contributed by atoms with van der Waals surface area (Å²) in [6.07, 6.45) is -2.25. The van der Waals surface area contributed by atoms with Crippen LogP contribution in [0.5, 0.6) is 17.2 Å². The summed E-state index contributed by atoms with van der Waals surface area (Å²) >= 11 is 0. The summed E-state index contributed by atoms with van der Waals surface area (Å²) in [5.74, 6) is -2.80. The lowest BCUT2D eigenvalue weighted by Crippen LogP contribution is -2.40. The molecule has 2 aromatic rings. The van der Waals surface area contributed by atoms with Gasteiger partial charge in [0.1, 0.15) is 23.0 Å². The van der Waals surface area contributed by atoms with Gasteiger partial charge in [0.15, 0.2) is 5.78 Å². The van der Waals surface area contributed by atoms with E-state index < -0.39 is 45.9 Å². The maximum Gasteiger partial charge on any atom is 0.202 e. The van der Waals surface area contributed by atoms with Crippen molar-refractivity contribution >= 4 is 17.3 Å². The number of phenolic OH excluding ortho intramolecular Hbond substituents is 2. The predicted molar refractivity (Wildman–Crippen MR) is 103 cm³/mol. The van der Waals surface area contributed by atoms with Gasteiger partial charge in [0, 0.05) is 36.0 Å². The van der Waals surface area contributed by atoms with Crippen LogP contribution >= 0.6 is 0 Å². The average molecular weight is 412 g/mol. The van der Waals surface area contributed by atoms with E-state index in [0.29, 0.717) is 0 Å². The Kier molecular flexibility index (Phi) is 4.44. The summed E-state index contributed by atoms with van der Waals surface area (Å²) in [7, 11) is 1.34. The largest absolute Gasteiger partial charge is 0.507 e. The molecule has 0 aromatic heterocycles. The van der Waals surface area contributed by atoms with Gasteiger partial charge in [0.2, 0.25) is 5.78 Å². The number of benzene rings is 2. The first-order valence-electron chi connectivity index (χ1n) is 9.36. The number of aliphatic hydroxyl groups is 2. The first-order valence-corrected chi connectivity index (χ1v) is 9.36. The Balaban J connectivity index is 1.98. The minimum atomic E-state index is -1.65. The van der Waals surface area contributed by atoms with Gasteiger partial charge in [-0.25, -0.2) is 0 Å². The molecular weight excluding hydrogens is 392 g/mol. The Morgan fingerprint density at radius 1 is 1.13 bits per heavy atom. The van der Waals surface area contributed by atoms with Crippen molar-refractivity contribution in [2.45, 2.75) is 37.9 Å². The first-order chi connectivity index (χ1) is 14.1. The van der Waals surface area contributed by atoms with Crippen LogP contribution in [0.1, 0.15) is 68.8 Å². The Morgan fingerprint density at radius 3 is 2.43 bits per heavy atom. The number of hydrogen-bond acceptors (Lipinski definition) is 8. The molecule has 0 radical (unpaired) electrons. The number of carbonyl (C=O) groups excluding carboxylic acids is 3. The number of ether oxygens (including phenoxy) is 1. The van der Waals surface area contributed by atoms with Gasteiger partial charge >= 0.3 is 0 Å². The van der Waals surface area contributed by atoms with Crippen LogP contribution in [0, 0.1) is 0 Å². The van der Waals surface area contributed by atoms with Crippen molar-refractivity contribution in [3.63, 3.8) is 0 Å². The molecule has 2 aliphatic rings. The van der Waals surface area contributed by atoms with E-state index in [9.17, 15) is 34.8 Å². The van der Waals surface area contributed by atoms with Crippen LogP contribution in [0.3, 0.4) is 0 Å². The van der Waals surface area contributed by atoms with Gasteiger partial charge in [-0.15, -0.1) is 0 Å². The molecule has 0 aliphatic heterocycles. The van der Waals surface area contributed by atoms with Gasteiger partial charge in [0.05, 0.1) is 35.5 Å². The maximum absolute atomic E-state index is 13.2. The van der Waals surface area contributed by atoms with Gasteiger partial charge in [-0.2, -0.15) is 0 Å². The quantitative estimate of drug-likeness (QED) is 0.475. The standard InChI is InChI=1S/C22H20O8/c1-9(23)6-22(29)7-11-14(12(24)8-22)20(27)17-16(19(11)26)18(25)10-4-3-5-13(30-2)15(10)21(17)28/h3-5,12,24,26-27,29H,6-8H2,1-2H3/t12-,22-/m1/s1. The van der Waals surface area contributed by atoms with Crippen LogP contribution in [0.15, 0.2) is 18.2 Å². The maximum atomic E-state index is 13.2. The fourth-order valence-electron chi connectivity index (χ4n) is 4.62. The van der Waals surface area contributed by atoms with Gasteiger partial charge in [-0.3, -0.25) is 14.4 Å². The lowest BCUT2D eigenvalue weighted by Gasteiger charge is -2.37. The summed E-state index contributed by atoms with van der Waals surface area (Å²) < 4.78 is 5.18. The summed E-state index contributed by atoms with van der Waals surface area (Å²) in [4.78, 5) is 37.9. The number of carbonyl (C=O) groups is 3. The number of aliphatic hydroxyl groups excluding tert-OH is 1. The van der Waals surface area contributed by atoms with Crippen molar-refractivity contribution in [1.82, 2.24) is 0 Å². The van der Waals surface area contributed by atoms with Gasteiger partial charge in [-0.1, -0.05) is 12.1 Å². The van der Waals surface area contributed by atoms with E-state index in [4.69, 9.17) is 4.74 Å². The molecule has 0 heterocycles. The first kappa shape index (κ1) is 20.1. The normalized spacial score (nSPS) is 22.2. The molecule has 30 heavy (non-hydrogen) atoms. The number of hydrogen-bond donors (Lipinski definition) is 4. The molecule has 0 saturated carbocycles. The zero-order chi connectivity index (χ0) is 22.0. The topological polar surface area (TPSA) is 141 Å². The Hall–Kier alpha value is -3.23. The molecule has 2 aliphatic carbocycles. The van der Waals surface area contributed by atoms with Crippen LogP contribution in [0.25, 0.3) is 0 Å². The van der Waals surface area contributed by atoms with Crippen molar-refractivity contribution in [2.24, 2.45) is 0 Å². The second-order valence-corrected chi connectivity index (χ2v) is 7.88. The highest BCUT2D eigenvalue weighted by Crippen LogP contribution is 2.51. The van der Waals surface area contributed by atoms with E-state index >= 15 is 0 Å². The molecule has 4 rings (SSSR count). The van der Waals surface area contributed by atoms with Gasteiger partial charge in [0.25, 0.3) is 0 Å². The van der Waals surface area contributed by atoms with Crippen LogP contribution < -0.4 is 4.74 Å². The number of ketones is 3. The van der Waals surface area contributed by atoms with Crippen molar-refractivity contribution < 1.29 is 39.5 Å². The Morgan fingerprint density at radius 2 is 1.80 bits per heavy atom. The minimum Gasteiger partial charge on any atom is -0.507 e. The molecule has 0 fully saturated rings. The van der Waals surface area contributed by atoms with E-state index in [0.717, 1.165) is 0 Å². The number of phenols is 2. The summed E-state index contributed by atoms with van der Waals surface area (Å²) in [6.45, 7) is 1.29. The molecule has 0 amide bonds. The number of rotatable bonds is 3. The molecule has 0 spiro atoms. The second-order valence-electron chi connectivity index (χ2n) is 7.88. The lowest BCUT2D eigenvalue weighted by molar-refractivity contribution is -0.123. The smallest absolute Gasteiger partial charge is 0.202 e. The monoisotopic (exact) mass is 412 g/mol. The zero-order valence-electron chi connectivity index (χ0n) is 16.4. The van der Waals surface area contributed by atoms with Crippen molar-refractivity contribution in [3.8, 4) is 17.2 Å². The van der Waals surface area contributed by atoms with E-state index in [1.807, 2.05) is 0 Å². The van der Waals surface area contributed by atoms with Gasteiger partial charge in [-0.05, 0) is 13.0 Å². The van der Waals surface area contributed by atoms with E-state index in [-0.39, 0.29) is 53.0 Å². The number of Topliss-reactive ketones (excluding diaryl/α,β-unsaturated/α-hetero) is 1. The molecule has 0 unspecified atom stereocenters. The predicted octanol–water partition coefficient (Wildman–Crippen LogP) is 1.57. The highest BCUT2D eigenvalue weighted by Gasteiger charge is 2.45. The van der Waals surface area contributed by atoms with E-state index in [2.05, 4.69) is 0 Å². The number of aromatic hydroxyl groups is 2. The van der Waals surface area contributed by atoms with Crippen LogP contribution in [-0.2, 0) is 11.2 Å². The SMILES string of the molecule is COc1cccc2c1C(=O)c1c(O)c3c(c(O)c1C2=O)C[C@](O)(CC(C)=O)C[C@H]3O. The molecule has 4 N–H and O–H groups in total. The highest BCUT2D eigenvalue weighted by molar-refractivity contribution is 6.31. The van der Waals surface area contributed by atoms with Gasteiger partial charge < -0.3 is 25.2 Å². The number of methoxy groups -OCH3 is 1. The Labute approximate surface area is 171 Å². The number of fused-ring (bicyclic) bond motifs is 3. The van der Waals surface area contributed by atoms with Crippen LogP contribution in [-0.4, -0.2) is 50.5 Å². The zero-order valence-corrected chi connectivity index (χ0v) is 16.4. The van der Waals surface area contributed by atoms with Crippen molar-refractivity contribution in [2.75, 3.05) is 7.11 Å². The molecule has 0 bridgehead atoms. The third-order valence-electron chi connectivity index (χ3n) is 5.75. The summed E-state index contributed by atoms with van der Waals surface area (Å²) in [6, 6.07) is 4.44. The molecule has 156 valence electrons. The van der Waals surface area contributed by atoms with Crippen molar-refractivity contribution in [1.29, 1.82) is 0 Å². The third kappa shape index (κ3) is 2.72.